The number of carbonyl (C=O) groups is 3. The van der Waals surface area contributed by atoms with Crippen LogP contribution in [0.1, 0.15) is 32.1 Å². The molecule has 1 N–H and O–H groups in total. The Labute approximate surface area is 176 Å². The van der Waals surface area contributed by atoms with E-state index in [-0.39, 0.29) is 29.5 Å². The molecule has 4 rings (SSSR count). The monoisotopic (exact) mass is 435 g/mol. The summed E-state index contributed by atoms with van der Waals surface area (Å²) in [6, 6.07) is 3.39. The number of anilines is 1. The molecule has 3 unspecified atom stereocenters. The van der Waals surface area contributed by atoms with Gasteiger partial charge in [0.2, 0.25) is 17.7 Å². The number of amides is 3. The number of thioether (sulfide) groups is 1. The minimum atomic E-state index is -0.850. The number of nitrogens with zero attached hydrogens (tertiary/aromatic N) is 2. The highest BCUT2D eigenvalue weighted by molar-refractivity contribution is 7.98. The maximum atomic E-state index is 13.4. The highest BCUT2D eigenvalue weighted by Gasteiger charge is 2.51. The quantitative estimate of drug-likeness (QED) is 0.701. The standard InChI is InChI=1S/C20H22FN3O3S2/c1-28-9-8-15(24-18(26)12-4-2-3-5-13(12)19(24)27)17(25)23-20-22-14-7-6-11(21)10-16(14)29-20/h6-7,10,12-13,15H,2-5,8-9H2,1H3,(H,22,23,25). The second-order valence-electron chi connectivity index (χ2n) is 7.46. The van der Waals surface area contributed by atoms with Crippen LogP contribution in [0, 0.1) is 17.7 Å². The van der Waals surface area contributed by atoms with Gasteiger partial charge in [-0.15, -0.1) is 0 Å². The van der Waals surface area contributed by atoms with Crippen LogP contribution < -0.4 is 5.32 Å². The van der Waals surface area contributed by atoms with E-state index in [1.807, 2.05) is 6.26 Å². The summed E-state index contributed by atoms with van der Waals surface area (Å²) in [5.41, 5.74) is 0.590. The Hall–Kier alpha value is -2.00. The summed E-state index contributed by atoms with van der Waals surface area (Å²) in [6.45, 7) is 0. The van der Waals surface area contributed by atoms with Crippen molar-refractivity contribution in [2.24, 2.45) is 11.8 Å². The van der Waals surface area contributed by atoms with E-state index in [0.717, 1.165) is 12.8 Å². The summed E-state index contributed by atoms with van der Waals surface area (Å²) in [7, 11) is 0. The maximum absolute atomic E-state index is 13.4. The summed E-state index contributed by atoms with van der Waals surface area (Å²) in [4.78, 5) is 44.5. The van der Waals surface area contributed by atoms with Gasteiger partial charge >= 0.3 is 0 Å². The number of hydrogen-bond donors (Lipinski definition) is 1. The number of imide groups is 1. The Balaban J connectivity index is 1.57. The van der Waals surface area contributed by atoms with Crippen LogP contribution in [0.2, 0.25) is 0 Å². The van der Waals surface area contributed by atoms with Crippen LogP contribution in [0.15, 0.2) is 18.2 Å². The van der Waals surface area contributed by atoms with Crippen molar-refractivity contribution in [1.29, 1.82) is 0 Å². The number of benzene rings is 1. The molecule has 1 aromatic heterocycles. The Kier molecular flexibility index (Phi) is 5.87. The molecular formula is C20H22FN3O3S2. The van der Waals surface area contributed by atoms with E-state index in [1.165, 1.54) is 28.4 Å². The van der Waals surface area contributed by atoms with E-state index in [1.54, 1.807) is 17.8 Å². The van der Waals surface area contributed by atoms with Crippen LogP contribution in [-0.4, -0.2) is 45.7 Å². The molecule has 1 saturated carbocycles. The molecule has 154 valence electrons. The topological polar surface area (TPSA) is 79.4 Å². The second-order valence-corrected chi connectivity index (χ2v) is 9.48. The van der Waals surface area contributed by atoms with Gasteiger partial charge in [-0.25, -0.2) is 9.37 Å². The van der Waals surface area contributed by atoms with E-state index in [4.69, 9.17) is 0 Å². The first kappa shape index (κ1) is 20.3. The van der Waals surface area contributed by atoms with Gasteiger partial charge in [0.15, 0.2) is 5.13 Å². The molecule has 0 spiro atoms. The van der Waals surface area contributed by atoms with Crippen LogP contribution in [0.5, 0.6) is 0 Å². The molecule has 3 amide bonds. The van der Waals surface area contributed by atoms with E-state index < -0.39 is 11.9 Å². The van der Waals surface area contributed by atoms with Crippen molar-refractivity contribution in [3.63, 3.8) is 0 Å². The Bertz CT molecular complexity index is 940. The van der Waals surface area contributed by atoms with Gasteiger partial charge in [0, 0.05) is 0 Å². The van der Waals surface area contributed by atoms with E-state index in [0.29, 0.717) is 40.4 Å². The second kappa shape index (κ2) is 8.39. The molecule has 0 bridgehead atoms. The van der Waals surface area contributed by atoms with Gasteiger partial charge in [0.1, 0.15) is 11.9 Å². The number of likely N-dealkylation sites (tertiary alicyclic amines) is 1. The number of hydrogen-bond acceptors (Lipinski definition) is 6. The van der Waals surface area contributed by atoms with Crippen molar-refractivity contribution in [1.82, 2.24) is 9.88 Å². The lowest BCUT2D eigenvalue weighted by Gasteiger charge is -2.25. The summed E-state index contributed by atoms with van der Waals surface area (Å²) in [5, 5.41) is 3.08. The predicted octanol–water partition coefficient (Wildman–Crippen LogP) is 3.67. The van der Waals surface area contributed by atoms with Gasteiger partial charge in [-0.05, 0) is 49.5 Å². The third-order valence-electron chi connectivity index (χ3n) is 5.67. The van der Waals surface area contributed by atoms with Crippen molar-refractivity contribution in [2.75, 3.05) is 17.3 Å². The molecule has 1 aliphatic carbocycles. The molecule has 3 atom stereocenters. The van der Waals surface area contributed by atoms with Gasteiger partial charge in [-0.2, -0.15) is 11.8 Å². The van der Waals surface area contributed by atoms with Crippen LogP contribution in [0.4, 0.5) is 9.52 Å². The Morgan fingerprint density at radius 2 is 2.00 bits per heavy atom. The SMILES string of the molecule is CSCCC(C(=O)Nc1nc2ccc(F)cc2s1)N1C(=O)C2CCCCC2C1=O. The molecule has 2 heterocycles. The van der Waals surface area contributed by atoms with E-state index in [9.17, 15) is 18.8 Å². The lowest BCUT2D eigenvalue weighted by Crippen LogP contribution is -2.48. The van der Waals surface area contributed by atoms with Gasteiger partial charge in [-0.1, -0.05) is 24.2 Å². The molecular weight excluding hydrogens is 413 g/mol. The average molecular weight is 436 g/mol. The first-order chi connectivity index (χ1) is 14.0. The summed E-state index contributed by atoms with van der Waals surface area (Å²) < 4.78 is 14.0. The fourth-order valence-electron chi connectivity index (χ4n) is 4.24. The molecule has 1 aromatic carbocycles. The molecule has 2 fully saturated rings. The molecule has 0 radical (unpaired) electrons. The summed E-state index contributed by atoms with van der Waals surface area (Å²) >= 11 is 2.73. The minimum Gasteiger partial charge on any atom is -0.300 e. The first-order valence-electron chi connectivity index (χ1n) is 9.72. The number of thiazole rings is 1. The van der Waals surface area contributed by atoms with Crippen LogP contribution in [-0.2, 0) is 14.4 Å². The molecule has 29 heavy (non-hydrogen) atoms. The van der Waals surface area contributed by atoms with Crippen molar-refractivity contribution < 1.29 is 18.8 Å². The van der Waals surface area contributed by atoms with Crippen molar-refractivity contribution in [3.05, 3.63) is 24.0 Å². The summed E-state index contributed by atoms with van der Waals surface area (Å²) in [6.07, 6.45) is 5.63. The number of rotatable bonds is 6. The Morgan fingerprint density at radius 3 is 2.66 bits per heavy atom. The van der Waals surface area contributed by atoms with E-state index >= 15 is 0 Å². The minimum absolute atomic E-state index is 0.215. The number of nitrogens with one attached hydrogen (secondary N) is 1. The molecule has 1 aliphatic heterocycles. The van der Waals surface area contributed by atoms with Gasteiger partial charge in [0.05, 0.1) is 22.1 Å². The molecule has 2 aliphatic rings. The molecule has 2 aromatic rings. The molecule has 6 nitrogen and oxygen atoms in total. The van der Waals surface area contributed by atoms with Crippen LogP contribution in [0.3, 0.4) is 0 Å². The van der Waals surface area contributed by atoms with Crippen molar-refractivity contribution in [2.45, 2.75) is 38.1 Å². The largest absolute Gasteiger partial charge is 0.300 e. The van der Waals surface area contributed by atoms with E-state index in [2.05, 4.69) is 10.3 Å². The highest BCUT2D eigenvalue weighted by Crippen LogP contribution is 2.39. The number of halogens is 1. The van der Waals surface area contributed by atoms with Crippen LogP contribution in [0.25, 0.3) is 10.2 Å². The van der Waals surface area contributed by atoms with Gasteiger partial charge in [-0.3, -0.25) is 19.3 Å². The zero-order valence-electron chi connectivity index (χ0n) is 16.0. The maximum Gasteiger partial charge on any atom is 0.249 e. The van der Waals surface area contributed by atoms with Gasteiger partial charge < -0.3 is 5.32 Å². The van der Waals surface area contributed by atoms with Crippen LogP contribution >= 0.6 is 23.1 Å². The third kappa shape index (κ3) is 3.90. The highest BCUT2D eigenvalue weighted by atomic mass is 32.2. The fraction of sp³-hybridized carbons (Fsp3) is 0.500. The Morgan fingerprint density at radius 1 is 1.31 bits per heavy atom. The molecule has 9 heteroatoms. The lowest BCUT2D eigenvalue weighted by molar-refractivity contribution is -0.146. The smallest absolute Gasteiger partial charge is 0.249 e. The number of carbonyl (C=O) groups excluding carboxylic acids is 3. The zero-order valence-corrected chi connectivity index (χ0v) is 17.7. The van der Waals surface area contributed by atoms with Crippen molar-refractivity contribution in [3.8, 4) is 0 Å². The fourth-order valence-corrected chi connectivity index (χ4v) is 5.60. The predicted molar refractivity (Wildman–Crippen MR) is 112 cm³/mol. The number of fused-ring (bicyclic) bond motifs is 2. The number of aromatic nitrogens is 1. The first-order valence-corrected chi connectivity index (χ1v) is 11.9. The average Bonchev–Trinajstić information content (AvgIpc) is 3.21. The van der Waals surface area contributed by atoms with Crippen molar-refractivity contribution >= 4 is 56.2 Å². The third-order valence-corrected chi connectivity index (χ3v) is 7.24. The molecule has 1 saturated heterocycles. The zero-order chi connectivity index (χ0) is 20.5. The lowest BCUT2D eigenvalue weighted by atomic mass is 9.81. The normalized spacial score (nSPS) is 22.8. The van der Waals surface area contributed by atoms with Gasteiger partial charge in [0.25, 0.3) is 0 Å². The summed E-state index contributed by atoms with van der Waals surface area (Å²) in [5.74, 6) is -1.14.